The monoisotopic (exact) mass is 463 g/mol. The van der Waals surface area contributed by atoms with Gasteiger partial charge in [-0.1, -0.05) is 19.9 Å². The molecule has 0 saturated carbocycles. The standard InChI is InChI=1S/C20H22N3O8P/c1-11(2)13-8-14(15(24)9-17(13)31-32(26,27)28)19-21-22-20(25)23(19)10-12-3-4-16-18(7-12)30-6-5-29-16/h3-4,7-9,11,24H,5-6,10H2,1-2H3,(H,22,25)(H2,26,27,28). The summed E-state index contributed by atoms with van der Waals surface area (Å²) >= 11 is 0. The van der Waals surface area contributed by atoms with Gasteiger partial charge < -0.3 is 19.1 Å². The lowest BCUT2D eigenvalue weighted by Gasteiger charge is -2.19. The number of aromatic nitrogens is 3. The third-order valence-electron chi connectivity index (χ3n) is 4.91. The van der Waals surface area contributed by atoms with Gasteiger partial charge in [0.1, 0.15) is 24.7 Å². The van der Waals surface area contributed by atoms with E-state index in [1.54, 1.807) is 32.0 Å². The molecule has 0 atom stereocenters. The molecule has 0 aliphatic carbocycles. The fraction of sp³-hybridized carbons (Fsp3) is 0.300. The normalized spacial score (nSPS) is 13.4. The van der Waals surface area contributed by atoms with E-state index in [9.17, 15) is 24.3 Å². The number of aromatic amines is 1. The van der Waals surface area contributed by atoms with Crippen molar-refractivity contribution in [1.82, 2.24) is 14.8 Å². The fourth-order valence-corrected chi connectivity index (χ4v) is 3.88. The summed E-state index contributed by atoms with van der Waals surface area (Å²) in [5, 5.41) is 17.0. The maximum Gasteiger partial charge on any atom is 0.524 e. The minimum atomic E-state index is -4.83. The third-order valence-corrected chi connectivity index (χ3v) is 5.35. The van der Waals surface area contributed by atoms with Crippen molar-refractivity contribution in [3.63, 3.8) is 0 Å². The van der Waals surface area contributed by atoms with Gasteiger partial charge in [0.05, 0.1) is 12.1 Å². The first-order chi connectivity index (χ1) is 15.1. The molecule has 4 rings (SSSR count). The van der Waals surface area contributed by atoms with E-state index in [1.807, 2.05) is 0 Å². The molecule has 0 amide bonds. The molecule has 1 aliphatic heterocycles. The number of fused-ring (bicyclic) bond motifs is 1. The number of hydrogen-bond acceptors (Lipinski definition) is 7. The Kier molecular flexibility index (Phi) is 5.72. The first-order valence-corrected chi connectivity index (χ1v) is 11.3. The van der Waals surface area contributed by atoms with Gasteiger partial charge in [0, 0.05) is 6.07 Å². The summed E-state index contributed by atoms with van der Waals surface area (Å²) in [6.07, 6.45) is 0. The Hall–Kier alpha value is -3.27. The number of H-pyrrole nitrogens is 1. The molecular formula is C20H22N3O8P. The van der Waals surface area contributed by atoms with Gasteiger partial charge in [0.25, 0.3) is 0 Å². The van der Waals surface area contributed by atoms with Crippen molar-refractivity contribution < 1.29 is 33.5 Å². The van der Waals surface area contributed by atoms with E-state index in [0.717, 1.165) is 11.6 Å². The average Bonchev–Trinajstić information content (AvgIpc) is 3.07. The zero-order valence-electron chi connectivity index (χ0n) is 17.3. The molecule has 0 spiro atoms. The van der Waals surface area contributed by atoms with Crippen LogP contribution in [0.2, 0.25) is 0 Å². The van der Waals surface area contributed by atoms with Crippen LogP contribution in [0.1, 0.15) is 30.9 Å². The van der Waals surface area contributed by atoms with Crippen LogP contribution in [0, 0.1) is 0 Å². The van der Waals surface area contributed by atoms with E-state index < -0.39 is 13.5 Å². The number of benzene rings is 2. The molecule has 0 saturated heterocycles. The first kappa shape index (κ1) is 21.9. The van der Waals surface area contributed by atoms with Crippen molar-refractivity contribution >= 4 is 7.82 Å². The topological polar surface area (TPSA) is 156 Å². The zero-order valence-corrected chi connectivity index (χ0v) is 18.2. The Labute approximate surface area is 182 Å². The molecule has 4 N–H and O–H groups in total. The van der Waals surface area contributed by atoms with E-state index >= 15 is 0 Å². The minimum absolute atomic E-state index is 0.137. The molecule has 170 valence electrons. The van der Waals surface area contributed by atoms with Crippen LogP contribution >= 0.6 is 7.82 Å². The van der Waals surface area contributed by atoms with E-state index in [2.05, 4.69) is 10.2 Å². The van der Waals surface area contributed by atoms with E-state index in [1.165, 1.54) is 10.6 Å². The third kappa shape index (κ3) is 4.50. The summed E-state index contributed by atoms with van der Waals surface area (Å²) in [5.74, 6) is 0.668. The molecule has 0 unspecified atom stereocenters. The van der Waals surface area contributed by atoms with Crippen molar-refractivity contribution in [2.75, 3.05) is 13.2 Å². The molecular weight excluding hydrogens is 441 g/mol. The zero-order chi connectivity index (χ0) is 23.0. The maximum absolute atomic E-state index is 12.5. The van der Waals surface area contributed by atoms with Gasteiger partial charge in [-0.3, -0.25) is 14.4 Å². The summed E-state index contributed by atoms with van der Waals surface area (Å²) in [4.78, 5) is 30.8. The molecule has 1 aliphatic rings. The Morgan fingerprint density at radius 3 is 2.59 bits per heavy atom. The smallest absolute Gasteiger partial charge is 0.507 e. The van der Waals surface area contributed by atoms with E-state index in [0.29, 0.717) is 30.3 Å². The first-order valence-electron chi connectivity index (χ1n) is 9.78. The number of aromatic hydroxyl groups is 1. The lowest BCUT2D eigenvalue weighted by Crippen LogP contribution is -2.19. The number of phenols is 1. The van der Waals surface area contributed by atoms with Gasteiger partial charge in [-0.2, -0.15) is 5.10 Å². The van der Waals surface area contributed by atoms with Gasteiger partial charge in [-0.15, -0.1) is 0 Å². The predicted octanol–water partition coefficient (Wildman–Crippen LogP) is 2.36. The molecule has 2 aromatic carbocycles. The molecule has 3 aromatic rings. The summed E-state index contributed by atoms with van der Waals surface area (Å²) < 4.78 is 28.5. The number of ether oxygens (including phenoxy) is 2. The lowest BCUT2D eigenvalue weighted by molar-refractivity contribution is 0.171. The number of phosphoric ester groups is 1. The Morgan fingerprint density at radius 1 is 1.19 bits per heavy atom. The quantitative estimate of drug-likeness (QED) is 0.403. The lowest BCUT2D eigenvalue weighted by atomic mass is 9.98. The van der Waals surface area contributed by atoms with E-state index in [-0.39, 0.29) is 35.3 Å². The van der Waals surface area contributed by atoms with Gasteiger partial charge in [-0.25, -0.2) is 14.5 Å². The number of nitrogens with one attached hydrogen (secondary N) is 1. The molecule has 0 fully saturated rings. The second kappa shape index (κ2) is 8.34. The summed E-state index contributed by atoms with van der Waals surface area (Å²) in [5.41, 5.74) is 0.907. The van der Waals surface area contributed by atoms with Gasteiger partial charge in [0.15, 0.2) is 17.3 Å². The molecule has 11 nitrogen and oxygen atoms in total. The number of phosphoric acid groups is 1. The SMILES string of the molecule is CC(C)c1cc(-c2n[nH]c(=O)n2Cc2ccc3c(c2)OCCO3)c(O)cc1OP(=O)(O)O. The molecule has 0 bridgehead atoms. The van der Waals surface area contributed by atoms with Crippen LogP contribution in [0.4, 0.5) is 0 Å². The van der Waals surface area contributed by atoms with Crippen LogP contribution in [-0.4, -0.2) is 42.9 Å². The molecule has 0 radical (unpaired) electrons. The highest BCUT2D eigenvalue weighted by atomic mass is 31.2. The second-order valence-electron chi connectivity index (χ2n) is 7.56. The largest absolute Gasteiger partial charge is 0.524 e. The van der Waals surface area contributed by atoms with Crippen molar-refractivity contribution in [3.05, 3.63) is 51.9 Å². The highest BCUT2D eigenvalue weighted by Gasteiger charge is 2.24. The van der Waals surface area contributed by atoms with Gasteiger partial charge >= 0.3 is 13.5 Å². The number of nitrogens with zero attached hydrogens (tertiary/aromatic N) is 2. The number of rotatable bonds is 6. The molecule has 1 aromatic heterocycles. The maximum atomic E-state index is 12.5. The Balaban J connectivity index is 1.75. The predicted molar refractivity (Wildman–Crippen MR) is 113 cm³/mol. The van der Waals surface area contributed by atoms with Gasteiger partial charge in [-0.05, 0) is 35.2 Å². The molecule has 12 heteroatoms. The Morgan fingerprint density at radius 2 is 1.91 bits per heavy atom. The summed E-state index contributed by atoms with van der Waals surface area (Å²) in [7, 11) is -4.83. The van der Waals surface area contributed by atoms with Crippen molar-refractivity contribution in [2.45, 2.75) is 26.3 Å². The van der Waals surface area contributed by atoms with Crippen LogP contribution in [0.3, 0.4) is 0 Å². The van der Waals surface area contributed by atoms with Crippen molar-refractivity contribution in [2.24, 2.45) is 0 Å². The highest BCUT2D eigenvalue weighted by molar-refractivity contribution is 7.46. The number of hydrogen-bond donors (Lipinski definition) is 4. The van der Waals surface area contributed by atoms with Crippen molar-refractivity contribution in [3.8, 4) is 34.4 Å². The second-order valence-corrected chi connectivity index (χ2v) is 8.72. The highest BCUT2D eigenvalue weighted by Crippen LogP contribution is 2.44. The van der Waals surface area contributed by atoms with Crippen molar-refractivity contribution in [1.29, 1.82) is 0 Å². The van der Waals surface area contributed by atoms with Gasteiger partial charge in [0.2, 0.25) is 0 Å². The van der Waals surface area contributed by atoms with E-state index in [4.69, 9.17) is 14.0 Å². The summed E-state index contributed by atoms with van der Waals surface area (Å²) in [6, 6.07) is 7.94. The van der Waals surface area contributed by atoms with Crippen LogP contribution in [-0.2, 0) is 11.1 Å². The molecule has 32 heavy (non-hydrogen) atoms. The minimum Gasteiger partial charge on any atom is -0.507 e. The van der Waals surface area contributed by atoms with Crippen LogP contribution < -0.4 is 19.7 Å². The van der Waals surface area contributed by atoms with Crippen LogP contribution in [0.25, 0.3) is 11.4 Å². The average molecular weight is 463 g/mol. The Bertz CT molecular complexity index is 1260. The number of phenolic OH excluding ortho intramolecular Hbond substituents is 1. The van der Waals surface area contributed by atoms with Crippen LogP contribution in [0.15, 0.2) is 35.1 Å². The molecule has 2 heterocycles. The van der Waals surface area contributed by atoms with Crippen LogP contribution in [0.5, 0.6) is 23.0 Å². The fourth-order valence-electron chi connectivity index (χ4n) is 3.46. The summed E-state index contributed by atoms with van der Waals surface area (Å²) in [6.45, 7) is 4.64.